The van der Waals surface area contributed by atoms with E-state index >= 15 is 0 Å². The van der Waals surface area contributed by atoms with Gasteiger partial charge in [-0.25, -0.2) is 8.42 Å². The van der Waals surface area contributed by atoms with E-state index in [4.69, 9.17) is 11.6 Å². The Labute approximate surface area is 90.9 Å². The van der Waals surface area contributed by atoms with Crippen molar-refractivity contribution in [1.82, 2.24) is 4.31 Å². The van der Waals surface area contributed by atoms with Crippen LogP contribution in [0.1, 0.15) is 20.8 Å². The molecule has 0 atom stereocenters. The Hall–Kier alpha value is 0.160. The first-order chi connectivity index (χ1) is 6.23. The molecule has 0 aliphatic heterocycles. The van der Waals surface area contributed by atoms with Gasteiger partial charge in [-0.1, -0.05) is 6.92 Å². The summed E-state index contributed by atoms with van der Waals surface area (Å²) in [5.74, 6) is -0.0107. The van der Waals surface area contributed by atoms with E-state index in [1.807, 2.05) is 0 Å². The van der Waals surface area contributed by atoms with E-state index in [9.17, 15) is 13.5 Å². The van der Waals surface area contributed by atoms with Crippen LogP contribution < -0.4 is 0 Å². The summed E-state index contributed by atoms with van der Waals surface area (Å²) in [5, 5.41) is 9.51. The Balaban J connectivity index is 4.57. The number of likely N-dealkylation sites (N-methyl/N-ethyl adjacent to an activating group) is 1. The lowest BCUT2D eigenvalue weighted by Crippen LogP contribution is -2.43. The second-order valence-electron chi connectivity index (χ2n) is 3.74. The Morgan fingerprint density at radius 1 is 1.43 bits per heavy atom. The highest BCUT2D eigenvalue weighted by molar-refractivity contribution is 7.89. The summed E-state index contributed by atoms with van der Waals surface area (Å²) in [7, 11) is -3.31. The zero-order valence-corrected chi connectivity index (χ0v) is 10.4. The molecule has 0 aromatic heterocycles. The second-order valence-corrected chi connectivity index (χ2v) is 6.21. The maximum atomic E-state index is 11.6. The number of hydrogen-bond acceptors (Lipinski definition) is 3. The van der Waals surface area contributed by atoms with Crippen molar-refractivity contribution in [1.29, 1.82) is 0 Å². The predicted molar refractivity (Wildman–Crippen MR) is 58.1 cm³/mol. The van der Waals surface area contributed by atoms with Crippen LogP contribution in [-0.4, -0.2) is 48.2 Å². The average Bonchev–Trinajstić information content (AvgIpc) is 1.98. The summed E-state index contributed by atoms with van der Waals surface area (Å²) in [6.45, 7) is 5.33. The molecule has 0 aromatic rings. The zero-order valence-electron chi connectivity index (χ0n) is 8.83. The van der Waals surface area contributed by atoms with Gasteiger partial charge in [-0.05, 0) is 13.8 Å². The Morgan fingerprint density at radius 2 is 1.93 bits per heavy atom. The Morgan fingerprint density at radius 3 is 2.21 bits per heavy atom. The summed E-state index contributed by atoms with van der Waals surface area (Å²) >= 11 is 5.39. The zero-order chi connectivity index (χ0) is 11.4. The molecule has 0 rings (SSSR count). The molecule has 0 saturated carbocycles. The fourth-order valence-electron chi connectivity index (χ4n) is 1.07. The Bertz CT molecular complexity index is 258. The third-order valence-electron chi connectivity index (χ3n) is 1.64. The molecule has 6 heteroatoms. The van der Waals surface area contributed by atoms with Gasteiger partial charge in [-0.3, -0.25) is 0 Å². The summed E-state index contributed by atoms with van der Waals surface area (Å²) < 4.78 is 24.4. The molecule has 86 valence electrons. The highest BCUT2D eigenvalue weighted by Gasteiger charge is 2.25. The minimum absolute atomic E-state index is 0.0741. The van der Waals surface area contributed by atoms with Gasteiger partial charge in [0.25, 0.3) is 0 Å². The number of alkyl halides is 1. The van der Waals surface area contributed by atoms with Crippen LogP contribution in [0.25, 0.3) is 0 Å². The molecule has 1 N–H and O–H groups in total. The number of halogens is 1. The normalized spacial score (nSPS) is 13.6. The first-order valence-electron chi connectivity index (χ1n) is 4.49. The van der Waals surface area contributed by atoms with Gasteiger partial charge in [-0.2, -0.15) is 4.31 Å². The number of hydrogen-bond donors (Lipinski definition) is 1. The maximum absolute atomic E-state index is 11.6. The van der Waals surface area contributed by atoms with Crippen LogP contribution in [0, 0.1) is 0 Å². The minimum atomic E-state index is -3.31. The van der Waals surface area contributed by atoms with E-state index in [0.29, 0.717) is 6.54 Å². The highest BCUT2D eigenvalue weighted by Crippen LogP contribution is 2.09. The second kappa shape index (κ2) is 5.30. The molecule has 0 bridgehead atoms. The van der Waals surface area contributed by atoms with Gasteiger partial charge in [0, 0.05) is 19.0 Å². The minimum Gasteiger partial charge on any atom is -0.389 e. The summed E-state index contributed by atoms with van der Waals surface area (Å²) in [5.41, 5.74) is -1.02. The van der Waals surface area contributed by atoms with E-state index in [2.05, 4.69) is 0 Å². The van der Waals surface area contributed by atoms with Crippen LogP contribution in [0.3, 0.4) is 0 Å². The molecule has 0 aliphatic rings. The van der Waals surface area contributed by atoms with Crippen LogP contribution >= 0.6 is 11.6 Å². The standard InChI is InChI=1S/C8H18ClNO3S/c1-4-10(7-8(2,3)11)14(12,13)6-5-9/h11H,4-7H2,1-3H3. The van der Waals surface area contributed by atoms with Crippen molar-refractivity contribution < 1.29 is 13.5 Å². The topological polar surface area (TPSA) is 57.6 Å². The fraction of sp³-hybridized carbons (Fsp3) is 1.00. The van der Waals surface area contributed by atoms with Gasteiger partial charge in [0.05, 0.1) is 11.4 Å². The van der Waals surface area contributed by atoms with Gasteiger partial charge in [0.15, 0.2) is 0 Å². The lowest BCUT2D eigenvalue weighted by molar-refractivity contribution is 0.0602. The molecule has 4 nitrogen and oxygen atoms in total. The van der Waals surface area contributed by atoms with Crippen LogP contribution in [0.15, 0.2) is 0 Å². The quantitative estimate of drug-likeness (QED) is 0.697. The largest absolute Gasteiger partial charge is 0.389 e. The number of aliphatic hydroxyl groups is 1. The SMILES string of the molecule is CCN(CC(C)(C)O)S(=O)(=O)CCCl. The molecule has 0 aromatic carbocycles. The van der Waals surface area contributed by atoms with Gasteiger partial charge in [0.1, 0.15) is 0 Å². The molecule has 0 amide bonds. The first kappa shape index (κ1) is 14.2. The molecule has 0 spiro atoms. The van der Waals surface area contributed by atoms with E-state index in [0.717, 1.165) is 0 Å². The molecule has 0 heterocycles. The molecule has 0 fully saturated rings. The van der Waals surface area contributed by atoms with E-state index in [1.165, 1.54) is 4.31 Å². The molecular weight excluding hydrogens is 226 g/mol. The van der Waals surface area contributed by atoms with Crippen molar-refractivity contribution in [2.45, 2.75) is 26.4 Å². The molecule has 0 saturated heterocycles. The molecule has 0 unspecified atom stereocenters. The third-order valence-corrected chi connectivity index (χ3v) is 3.95. The van der Waals surface area contributed by atoms with Crippen LogP contribution in [0.2, 0.25) is 0 Å². The van der Waals surface area contributed by atoms with Crippen molar-refractivity contribution in [2.24, 2.45) is 0 Å². The predicted octanol–water partition coefficient (Wildman–Crippen LogP) is 0.648. The molecule has 0 radical (unpaired) electrons. The van der Waals surface area contributed by atoms with E-state index in [-0.39, 0.29) is 18.2 Å². The summed E-state index contributed by atoms with van der Waals surface area (Å²) in [6.07, 6.45) is 0. The molecular formula is C8H18ClNO3S. The van der Waals surface area contributed by atoms with Crippen molar-refractivity contribution >= 4 is 21.6 Å². The van der Waals surface area contributed by atoms with Crippen molar-refractivity contribution in [2.75, 3.05) is 24.7 Å². The molecule has 0 aliphatic carbocycles. The van der Waals surface area contributed by atoms with Crippen LogP contribution in [0.4, 0.5) is 0 Å². The third kappa shape index (κ3) is 5.14. The van der Waals surface area contributed by atoms with Crippen LogP contribution in [-0.2, 0) is 10.0 Å². The van der Waals surface area contributed by atoms with Crippen molar-refractivity contribution in [3.05, 3.63) is 0 Å². The summed E-state index contributed by atoms with van der Waals surface area (Å²) in [4.78, 5) is 0. The monoisotopic (exact) mass is 243 g/mol. The lowest BCUT2D eigenvalue weighted by Gasteiger charge is -2.27. The van der Waals surface area contributed by atoms with Gasteiger partial charge in [0.2, 0.25) is 10.0 Å². The number of rotatable bonds is 6. The van der Waals surface area contributed by atoms with Gasteiger partial charge < -0.3 is 5.11 Å². The maximum Gasteiger partial charge on any atom is 0.215 e. The molecule has 14 heavy (non-hydrogen) atoms. The lowest BCUT2D eigenvalue weighted by atomic mass is 10.1. The Kier molecular flexibility index (Phi) is 5.36. The van der Waals surface area contributed by atoms with Crippen molar-refractivity contribution in [3.63, 3.8) is 0 Å². The fourth-order valence-corrected chi connectivity index (χ4v) is 3.01. The number of nitrogens with zero attached hydrogens (tertiary/aromatic N) is 1. The van der Waals surface area contributed by atoms with Gasteiger partial charge in [-0.15, -0.1) is 11.6 Å². The number of sulfonamides is 1. The van der Waals surface area contributed by atoms with E-state index in [1.54, 1.807) is 20.8 Å². The smallest absolute Gasteiger partial charge is 0.215 e. The van der Waals surface area contributed by atoms with Crippen molar-refractivity contribution in [3.8, 4) is 0 Å². The highest BCUT2D eigenvalue weighted by atomic mass is 35.5. The average molecular weight is 244 g/mol. The first-order valence-corrected chi connectivity index (χ1v) is 6.63. The van der Waals surface area contributed by atoms with E-state index < -0.39 is 15.6 Å². The van der Waals surface area contributed by atoms with Crippen LogP contribution in [0.5, 0.6) is 0 Å². The van der Waals surface area contributed by atoms with Gasteiger partial charge >= 0.3 is 0 Å². The summed E-state index contributed by atoms with van der Waals surface area (Å²) in [6, 6.07) is 0.